The molecule has 22 heavy (non-hydrogen) atoms. The minimum atomic E-state index is -1.72. The molecule has 0 heterocycles. The number of ether oxygens (including phenoxy) is 1. The van der Waals surface area contributed by atoms with Gasteiger partial charge in [-0.2, -0.15) is 0 Å². The van der Waals surface area contributed by atoms with Crippen molar-refractivity contribution in [3.8, 4) is 0 Å². The monoisotopic (exact) mass is 364 g/mol. The molecule has 130 valence electrons. The Morgan fingerprint density at radius 2 is 1.59 bits per heavy atom. The predicted molar refractivity (Wildman–Crippen MR) is 101 cm³/mol. The van der Waals surface area contributed by atoms with Gasteiger partial charge in [-0.25, -0.2) is 0 Å². The van der Waals surface area contributed by atoms with Crippen molar-refractivity contribution < 1.29 is 13.6 Å². The van der Waals surface area contributed by atoms with E-state index in [2.05, 4.69) is 52.3 Å². The first-order valence-electron chi connectivity index (χ1n) is 7.95. The van der Waals surface area contributed by atoms with Crippen molar-refractivity contribution in [2.75, 3.05) is 12.5 Å². The number of rotatable bonds is 10. The smallest absolute Gasteiger partial charge is 0.268 e. The third-order valence-electron chi connectivity index (χ3n) is 2.36. The Morgan fingerprint density at radius 3 is 2.00 bits per heavy atom. The minimum absolute atomic E-state index is 0.420. The molecule has 0 aromatic carbocycles. The van der Waals surface area contributed by atoms with Crippen molar-refractivity contribution in [1.82, 2.24) is 0 Å². The second-order valence-electron chi connectivity index (χ2n) is 7.43. The number of alkyl halides is 1. The fraction of sp³-hybridized carbons (Fsp3) is 0.750. The molecule has 0 aromatic rings. The molecule has 1 atom stereocenters. The maximum Gasteiger partial charge on any atom is 0.268 e. The highest BCUT2D eigenvalue weighted by molar-refractivity contribution is 6.70. The summed E-state index contributed by atoms with van der Waals surface area (Å²) in [7, 11) is -3.42. The molecule has 0 aliphatic rings. The molecule has 0 bridgehead atoms. The van der Waals surface area contributed by atoms with Gasteiger partial charge in [0, 0.05) is 5.88 Å². The van der Waals surface area contributed by atoms with Crippen molar-refractivity contribution in [1.29, 1.82) is 0 Å². The fourth-order valence-electron chi connectivity index (χ4n) is 1.52. The van der Waals surface area contributed by atoms with E-state index in [4.69, 9.17) is 25.2 Å². The Hall–Kier alpha value is -0.396. The van der Waals surface area contributed by atoms with Crippen LogP contribution in [0.3, 0.4) is 0 Å². The van der Waals surface area contributed by atoms with Gasteiger partial charge in [0.2, 0.25) is 16.6 Å². The molecule has 0 N–H and O–H groups in total. The van der Waals surface area contributed by atoms with Gasteiger partial charge < -0.3 is 13.6 Å². The maximum absolute atomic E-state index is 6.16. The highest BCUT2D eigenvalue weighted by Crippen LogP contribution is 2.19. The zero-order chi connectivity index (χ0) is 17.4. The topological polar surface area (TPSA) is 27.7 Å². The molecule has 0 spiro atoms. The van der Waals surface area contributed by atoms with Crippen LogP contribution in [0.4, 0.5) is 0 Å². The zero-order valence-electron chi connectivity index (χ0n) is 15.5. The van der Waals surface area contributed by atoms with Gasteiger partial charge in [0.05, 0.1) is 12.7 Å². The van der Waals surface area contributed by atoms with Crippen LogP contribution in [0.15, 0.2) is 23.9 Å². The van der Waals surface area contributed by atoms with Crippen LogP contribution in [0.25, 0.3) is 0 Å². The molecule has 6 heteroatoms. The third kappa shape index (κ3) is 12.2. The van der Waals surface area contributed by atoms with Crippen LogP contribution in [-0.4, -0.2) is 29.1 Å². The van der Waals surface area contributed by atoms with Crippen molar-refractivity contribution >= 4 is 28.2 Å². The third-order valence-corrected chi connectivity index (χ3v) is 4.55. The van der Waals surface area contributed by atoms with E-state index in [0.717, 1.165) is 12.2 Å². The average Bonchev–Trinajstić information content (AvgIpc) is 2.32. The Labute approximate surface area is 143 Å². The Morgan fingerprint density at radius 1 is 1.05 bits per heavy atom. The first-order valence-corrected chi connectivity index (χ1v) is 15.3. The number of allylic oxidation sites excluding steroid dienone is 2. The molecule has 0 fully saturated rings. The number of hydrogen-bond donors (Lipinski definition) is 0. The summed E-state index contributed by atoms with van der Waals surface area (Å²) in [6, 6.07) is 0. The zero-order valence-corrected chi connectivity index (χ0v) is 18.2. The van der Waals surface area contributed by atoms with Crippen molar-refractivity contribution in [2.45, 2.75) is 59.6 Å². The fourth-order valence-corrected chi connectivity index (χ4v) is 3.22. The highest BCUT2D eigenvalue weighted by Gasteiger charge is 2.21. The Bertz CT molecular complexity index is 382. The summed E-state index contributed by atoms with van der Waals surface area (Å²) in [4.78, 5) is 0. The second-order valence-corrected chi connectivity index (χ2v) is 16.6. The van der Waals surface area contributed by atoms with Gasteiger partial charge in [-0.1, -0.05) is 6.92 Å². The maximum atomic E-state index is 6.16. The van der Waals surface area contributed by atoms with Crippen LogP contribution in [0, 0.1) is 5.92 Å². The van der Waals surface area contributed by atoms with Crippen LogP contribution in [-0.2, 0) is 13.6 Å². The molecule has 0 aliphatic carbocycles. The molecule has 0 aromatic heterocycles. The molecule has 1 unspecified atom stereocenters. The molecule has 3 nitrogen and oxygen atoms in total. The quantitative estimate of drug-likeness (QED) is 0.215. The average molecular weight is 365 g/mol. The summed E-state index contributed by atoms with van der Waals surface area (Å²) in [6.45, 7) is 17.6. The predicted octanol–water partition coefficient (Wildman–Crippen LogP) is 5.72. The minimum Gasteiger partial charge on any atom is -0.544 e. The summed E-state index contributed by atoms with van der Waals surface area (Å²) in [5.41, 5.74) is 0. The van der Waals surface area contributed by atoms with Crippen LogP contribution >= 0.6 is 11.6 Å². The van der Waals surface area contributed by atoms with Gasteiger partial charge in [0.25, 0.3) is 5.95 Å². The molecule has 0 amide bonds. The number of hydrogen-bond acceptors (Lipinski definition) is 3. The SMILES string of the molecule is CCO/C(=C/C(=C/CC(C)CCl)O[Si](C)(C)C)O[Si](C)(C)C. The summed E-state index contributed by atoms with van der Waals surface area (Å²) in [5.74, 6) is 2.45. The lowest BCUT2D eigenvalue weighted by Crippen LogP contribution is -2.27. The van der Waals surface area contributed by atoms with Gasteiger partial charge >= 0.3 is 0 Å². The summed E-state index contributed by atoms with van der Waals surface area (Å²) in [5, 5.41) is 0. The lowest BCUT2D eigenvalue weighted by molar-refractivity contribution is 0.111. The van der Waals surface area contributed by atoms with Crippen LogP contribution in [0.1, 0.15) is 20.3 Å². The lowest BCUT2D eigenvalue weighted by Gasteiger charge is -2.24. The molecule has 0 saturated carbocycles. The van der Waals surface area contributed by atoms with Gasteiger partial charge in [0.15, 0.2) is 0 Å². The molecule has 0 rings (SSSR count). The Balaban J connectivity index is 5.29. The summed E-state index contributed by atoms with van der Waals surface area (Å²) in [6.07, 6.45) is 4.87. The van der Waals surface area contributed by atoms with E-state index in [-0.39, 0.29) is 0 Å². The number of halogens is 1. The van der Waals surface area contributed by atoms with Crippen molar-refractivity contribution in [2.24, 2.45) is 5.92 Å². The van der Waals surface area contributed by atoms with Crippen LogP contribution in [0.2, 0.25) is 39.3 Å². The summed E-state index contributed by atoms with van der Waals surface area (Å²) >= 11 is 5.89. The first-order chi connectivity index (χ1) is 9.96. The highest BCUT2D eigenvalue weighted by atomic mass is 35.5. The molecule has 0 radical (unpaired) electrons. The summed E-state index contributed by atoms with van der Waals surface area (Å²) < 4.78 is 17.8. The van der Waals surface area contributed by atoms with Gasteiger partial charge in [-0.05, 0) is 64.6 Å². The molecule has 0 saturated heterocycles. The van der Waals surface area contributed by atoms with E-state index in [1.54, 1.807) is 0 Å². The van der Waals surface area contributed by atoms with Crippen molar-refractivity contribution in [3.05, 3.63) is 23.9 Å². The normalized spacial score (nSPS) is 15.5. The van der Waals surface area contributed by atoms with E-state index in [1.807, 2.05) is 13.0 Å². The largest absolute Gasteiger partial charge is 0.544 e. The molecule has 0 aliphatic heterocycles. The van der Waals surface area contributed by atoms with E-state index < -0.39 is 16.6 Å². The van der Waals surface area contributed by atoms with Gasteiger partial charge in [-0.15, -0.1) is 11.6 Å². The van der Waals surface area contributed by atoms with Gasteiger partial charge in [0.1, 0.15) is 5.76 Å². The lowest BCUT2D eigenvalue weighted by atomic mass is 10.1. The van der Waals surface area contributed by atoms with E-state index in [9.17, 15) is 0 Å². The van der Waals surface area contributed by atoms with Crippen LogP contribution < -0.4 is 0 Å². The first kappa shape index (κ1) is 21.6. The second kappa shape index (κ2) is 9.68. The van der Waals surface area contributed by atoms with E-state index in [0.29, 0.717) is 24.4 Å². The van der Waals surface area contributed by atoms with Gasteiger partial charge in [-0.3, -0.25) is 0 Å². The Kier molecular flexibility index (Phi) is 9.50. The van der Waals surface area contributed by atoms with Crippen molar-refractivity contribution in [3.63, 3.8) is 0 Å². The molecular weight excluding hydrogens is 332 g/mol. The standard InChI is InChI=1S/C16H33ClO3Si2/c1-9-18-16(20-22(6,7)8)12-15(19-21(3,4)5)11-10-14(2)13-17/h11-12,14H,9-10,13H2,1-8H3/b15-11-,16-12-. The van der Waals surface area contributed by atoms with E-state index >= 15 is 0 Å². The molecular formula is C16H33ClO3Si2. The van der Waals surface area contributed by atoms with E-state index in [1.165, 1.54) is 0 Å². The van der Waals surface area contributed by atoms with Crippen LogP contribution in [0.5, 0.6) is 0 Å².